The maximum Gasteiger partial charge on any atom is 0.259 e. The van der Waals surface area contributed by atoms with Crippen LogP contribution in [0.1, 0.15) is 45.6 Å². The Hall–Kier alpha value is -3.15. The zero-order valence-corrected chi connectivity index (χ0v) is 19.1. The Morgan fingerprint density at radius 2 is 1.91 bits per heavy atom. The van der Waals surface area contributed by atoms with Crippen molar-refractivity contribution in [2.75, 3.05) is 13.2 Å². The van der Waals surface area contributed by atoms with Gasteiger partial charge in [0.05, 0.1) is 12.0 Å². The summed E-state index contributed by atoms with van der Waals surface area (Å²) in [6, 6.07) is 7.20. The number of carbonyl (C=O) groups is 3. The fourth-order valence-corrected chi connectivity index (χ4v) is 4.85. The molecule has 1 N–H and O–H groups in total. The number of hydrogen-bond acceptors (Lipinski definition) is 4. The molecule has 0 spiro atoms. The molecule has 1 saturated heterocycles. The molecule has 1 aromatic carbocycles. The van der Waals surface area contributed by atoms with Gasteiger partial charge in [0, 0.05) is 23.7 Å². The second-order valence-electron chi connectivity index (χ2n) is 8.94. The van der Waals surface area contributed by atoms with Crippen molar-refractivity contribution < 1.29 is 19.1 Å². The molecule has 3 unspecified atom stereocenters. The standard InChI is InChI=1S/C26H30N2O4/c1-5-13-27-21(29)14-32-18-11-9-17(10-12-18)19-7-6-8-20-22(19)24-16(4)25(30)23(15(2)3)28(24)26(20)31/h6-12,15-16,19,23H,5,13-14H2,1-4H3,(H,27,29). The predicted molar refractivity (Wildman–Crippen MR) is 122 cm³/mol. The topological polar surface area (TPSA) is 75.7 Å². The number of carbonyl (C=O) groups excluding carboxylic acids is 3. The molecule has 6 nitrogen and oxygen atoms in total. The Morgan fingerprint density at radius 1 is 1.19 bits per heavy atom. The molecule has 3 atom stereocenters. The van der Waals surface area contributed by atoms with Crippen molar-refractivity contribution >= 4 is 17.6 Å². The highest BCUT2D eigenvalue weighted by Gasteiger charge is 2.53. The van der Waals surface area contributed by atoms with Crippen LogP contribution in [0.4, 0.5) is 0 Å². The summed E-state index contributed by atoms with van der Waals surface area (Å²) in [7, 11) is 0. The Morgan fingerprint density at radius 3 is 2.56 bits per heavy atom. The summed E-state index contributed by atoms with van der Waals surface area (Å²) in [6.07, 6.45) is 6.73. The van der Waals surface area contributed by atoms with E-state index in [0.29, 0.717) is 17.9 Å². The first-order valence-electron chi connectivity index (χ1n) is 11.3. The summed E-state index contributed by atoms with van der Waals surface area (Å²) < 4.78 is 5.59. The number of rotatable bonds is 7. The minimum atomic E-state index is -0.401. The first kappa shape index (κ1) is 22.1. The van der Waals surface area contributed by atoms with Gasteiger partial charge in [-0.1, -0.05) is 45.1 Å². The third-order valence-electron chi connectivity index (χ3n) is 6.37. The fourth-order valence-electron chi connectivity index (χ4n) is 4.85. The SMILES string of the molecule is CCCNC(=O)COc1ccc(C2C=CC=C3C(=O)N4C(=C32)C(C)C(=O)C4C(C)C)cc1. The smallest absolute Gasteiger partial charge is 0.259 e. The molecule has 0 bridgehead atoms. The third kappa shape index (κ3) is 3.68. The van der Waals surface area contributed by atoms with E-state index in [1.54, 1.807) is 4.90 Å². The van der Waals surface area contributed by atoms with E-state index in [0.717, 1.165) is 23.3 Å². The minimum absolute atomic E-state index is 0.0233. The largest absolute Gasteiger partial charge is 0.484 e. The molecule has 32 heavy (non-hydrogen) atoms. The number of benzene rings is 1. The van der Waals surface area contributed by atoms with Gasteiger partial charge in [0.25, 0.3) is 11.8 Å². The zero-order valence-electron chi connectivity index (χ0n) is 19.1. The maximum atomic E-state index is 13.3. The van der Waals surface area contributed by atoms with E-state index in [9.17, 15) is 14.4 Å². The normalized spacial score (nSPS) is 24.1. The average Bonchev–Trinajstić information content (AvgIpc) is 3.22. The van der Waals surface area contributed by atoms with E-state index in [4.69, 9.17) is 4.74 Å². The summed E-state index contributed by atoms with van der Waals surface area (Å²) in [5.41, 5.74) is 3.49. The molecular formula is C26H30N2O4. The van der Waals surface area contributed by atoms with E-state index >= 15 is 0 Å². The summed E-state index contributed by atoms with van der Waals surface area (Å²) >= 11 is 0. The van der Waals surface area contributed by atoms with Gasteiger partial charge in [-0.15, -0.1) is 0 Å². The fraction of sp³-hybridized carbons (Fsp3) is 0.423. The lowest BCUT2D eigenvalue weighted by molar-refractivity contribution is -0.131. The Bertz CT molecular complexity index is 1030. The molecule has 4 rings (SSSR count). The van der Waals surface area contributed by atoms with E-state index in [2.05, 4.69) is 11.4 Å². The third-order valence-corrected chi connectivity index (χ3v) is 6.37. The van der Waals surface area contributed by atoms with Gasteiger partial charge in [0.2, 0.25) is 0 Å². The summed E-state index contributed by atoms with van der Waals surface area (Å²) in [4.78, 5) is 39.7. The minimum Gasteiger partial charge on any atom is -0.484 e. The number of amides is 2. The van der Waals surface area contributed by atoms with Crippen LogP contribution >= 0.6 is 0 Å². The van der Waals surface area contributed by atoms with Crippen LogP contribution in [0.25, 0.3) is 0 Å². The second kappa shape index (κ2) is 8.77. The lowest BCUT2D eigenvalue weighted by atomic mass is 9.81. The molecule has 6 heteroatoms. The van der Waals surface area contributed by atoms with Gasteiger partial charge in [0.15, 0.2) is 12.4 Å². The number of allylic oxidation sites excluding steroid dienone is 4. The Kier molecular flexibility index (Phi) is 6.04. The number of nitrogens with zero attached hydrogens (tertiary/aromatic N) is 1. The van der Waals surface area contributed by atoms with Crippen LogP contribution < -0.4 is 10.1 Å². The Labute approximate surface area is 189 Å². The molecule has 1 aliphatic carbocycles. The van der Waals surface area contributed by atoms with Crippen LogP contribution in [-0.4, -0.2) is 41.7 Å². The van der Waals surface area contributed by atoms with Crippen molar-refractivity contribution in [2.45, 2.75) is 46.1 Å². The number of Topliss-reactive ketones (excluding diaryl/α,β-unsaturated/α-hetero) is 1. The van der Waals surface area contributed by atoms with Crippen LogP contribution in [-0.2, 0) is 14.4 Å². The van der Waals surface area contributed by atoms with Crippen molar-refractivity contribution in [1.82, 2.24) is 10.2 Å². The second-order valence-corrected chi connectivity index (χ2v) is 8.94. The van der Waals surface area contributed by atoms with Crippen LogP contribution in [0.2, 0.25) is 0 Å². The first-order chi connectivity index (χ1) is 15.3. The van der Waals surface area contributed by atoms with Crippen molar-refractivity contribution in [3.05, 3.63) is 64.9 Å². The van der Waals surface area contributed by atoms with E-state index < -0.39 is 6.04 Å². The van der Waals surface area contributed by atoms with Crippen molar-refractivity contribution in [3.8, 4) is 5.75 Å². The first-order valence-corrected chi connectivity index (χ1v) is 11.3. The van der Waals surface area contributed by atoms with Crippen molar-refractivity contribution in [1.29, 1.82) is 0 Å². The molecule has 2 amide bonds. The number of hydrogen-bond donors (Lipinski definition) is 1. The highest BCUT2D eigenvalue weighted by molar-refractivity contribution is 6.10. The van der Waals surface area contributed by atoms with Crippen LogP contribution in [0.3, 0.4) is 0 Å². The van der Waals surface area contributed by atoms with Gasteiger partial charge >= 0.3 is 0 Å². The Balaban J connectivity index is 1.59. The summed E-state index contributed by atoms with van der Waals surface area (Å²) in [6.45, 7) is 8.50. The van der Waals surface area contributed by atoms with Crippen LogP contribution in [0.15, 0.2) is 59.3 Å². The van der Waals surface area contributed by atoms with Gasteiger partial charge in [-0.3, -0.25) is 14.4 Å². The van der Waals surface area contributed by atoms with Gasteiger partial charge in [-0.2, -0.15) is 0 Å². The molecule has 1 aromatic rings. The predicted octanol–water partition coefficient (Wildman–Crippen LogP) is 3.51. The average molecular weight is 435 g/mol. The van der Waals surface area contributed by atoms with Gasteiger partial charge in [-0.25, -0.2) is 0 Å². The highest BCUT2D eigenvalue weighted by atomic mass is 16.5. The number of ether oxygens (including phenoxy) is 1. The van der Waals surface area contributed by atoms with E-state index in [-0.39, 0.29) is 42.0 Å². The van der Waals surface area contributed by atoms with Gasteiger partial charge < -0.3 is 15.0 Å². The molecule has 0 radical (unpaired) electrons. The zero-order chi connectivity index (χ0) is 23.0. The molecule has 168 valence electrons. The maximum absolute atomic E-state index is 13.3. The number of ketones is 1. The molecule has 0 saturated carbocycles. The molecular weight excluding hydrogens is 404 g/mol. The monoisotopic (exact) mass is 434 g/mol. The summed E-state index contributed by atoms with van der Waals surface area (Å²) in [5.74, 6) is 0.170. The molecule has 0 aromatic heterocycles. The van der Waals surface area contributed by atoms with E-state index in [1.165, 1.54) is 0 Å². The van der Waals surface area contributed by atoms with E-state index in [1.807, 2.05) is 64.1 Å². The van der Waals surface area contributed by atoms with Crippen LogP contribution in [0.5, 0.6) is 5.75 Å². The van der Waals surface area contributed by atoms with Crippen molar-refractivity contribution in [3.63, 3.8) is 0 Å². The number of nitrogens with one attached hydrogen (secondary N) is 1. The van der Waals surface area contributed by atoms with Crippen molar-refractivity contribution in [2.24, 2.45) is 11.8 Å². The quantitative estimate of drug-likeness (QED) is 0.713. The highest BCUT2D eigenvalue weighted by Crippen LogP contribution is 2.49. The molecule has 2 heterocycles. The lowest BCUT2D eigenvalue weighted by Gasteiger charge is -2.23. The number of fused-ring (bicyclic) bond motifs is 2. The molecule has 1 fully saturated rings. The lowest BCUT2D eigenvalue weighted by Crippen LogP contribution is -2.39. The van der Waals surface area contributed by atoms with Gasteiger partial charge in [0.1, 0.15) is 5.75 Å². The van der Waals surface area contributed by atoms with Crippen LogP contribution in [0, 0.1) is 11.8 Å². The molecule has 3 aliphatic rings. The molecule has 2 aliphatic heterocycles. The van der Waals surface area contributed by atoms with Gasteiger partial charge in [-0.05, 0) is 48.6 Å². The summed E-state index contributed by atoms with van der Waals surface area (Å²) in [5, 5.41) is 2.79.